The van der Waals surface area contributed by atoms with Gasteiger partial charge in [0.15, 0.2) is 0 Å². The Bertz CT molecular complexity index is 2020. The van der Waals surface area contributed by atoms with E-state index in [9.17, 15) is 4.79 Å². The van der Waals surface area contributed by atoms with Crippen molar-refractivity contribution in [1.29, 1.82) is 0 Å². The molecule has 0 aromatic heterocycles. The van der Waals surface area contributed by atoms with E-state index in [1.807, 2.05) is 24.1 Å². The minimum absolute atomic E-state index is 0.184. The topological polar surface area (TPSA) is 178 Å². The molecule has 5 rings (SSSR count). The molecule has 2 heterocycles. The van der Waals surface area contributed by atoms with Crippen LogP contribution in [-0.4, -0.2) is 124 Å². The first-order valence-electron chi connectivity index (χ1n) is 21.3. The smallest absolute Gasteiger partial charge is 0.254 e. The van der Waals surface area contributed by atoms with Crippen LogP contribution in [-0.2, 0) is 20.9 Å². The minimum atomic E-state index is 0.184. The lowest BCUT2D eigenvalue weighted by atomic mass is 9.93. The Hall–Kier alpha value is -6.61. The summed E-state index contributed by atoms with van der Waals surface area (Å²) in [5.74, 6) is 2.06. The second-order valence-corrected chi connectivity index (χ2v) is 15.3. The molecule has 3 aromatic carbocycles. The predicted molar refractivity (Wildman–Crippen MR) is 256 cm³/mol. The van der Waals surface area contributed by atoms with E-state index in [1.165, 1.54) is 28.6 Å². The number of nitrogens with one attached hydrogen (secondary N) is 2. The van der Waals surface area contributed by atoms with Gasteiger partial charge in [0.05, 0.1) is 13.2 Å². The molecular weight excluding hydrogens is 797 g/mol. The monoisotopic (exact) mass is 863 g/mol. The second-order valence-electron chi connectivity index (χ2n) is 15.3. The van der Waals surface area contributed by atoms with Crippen molar-refractivity contribution in [1.82, 2.24) is 20.0 Å². The van der Waals surface area contributed by atoms with Gasteiger partial charge in [-0.1, -0.05) is 56.7 Å². The number of hydrogen-bond donors (Lipinski definition) is 3. The quantitative estimate of drug-likeness (QED) is 0.0377. The van der Waals surface area contributed by atoms with Crippen LogP contribution in [0.3, 0.4) is 0 Å². The van der Waals surface area contributed by atoms with E-state index in [4.69, 9.17) is 19.1 Å². The van der Waals surface area contributed by atoms with Gasteiger partial charge in [-0.2, -0.15) is 5.10 Å². The zero-order valence-electron chi connectivity index (χ0n) is 37.6. The molecule has 2 aliphatic rings. The molecule has 0 spiro atoms. The van der Waals surface area contributed by atoms with Crippen molar-refractivity contribution in [3.05, 3.63) is 113 Å². The lowest BCUT2D eigenvalue weighted by molar-refractivity contribution is -0.117. The summed E-state index contributed by atoms with van der Waals surface area (Å²) in [6.45, 7) is 23.4. The zero-order chi connectivity index (χ0) is 46.0. The first-order chi connectivity index (χ1) is 30.5. The van der Waals surface area contributed by atoms with Crippen molar-refractivity contribution >= 4 is 55.3 Å². The maximum Gasteiger partial charge on any atom is 0.254 e. The van der Waals surface area contributed by atoms with E-state index in [2.05, 4.69) is 143 Å². The number of ether oxygens (including phenoxy) is 1. The van der Waals surface area contributed by atoms with Crippen molar-refractivity contribution in [2.45, 2.75) is 65.5 Å². The molecule has 1 fully saturated rings. The van der Waals surface area contributed by atoms with Gasteiger partial charge < -0.3 is 35.8 Å². The highest BCUT2D eigenvalue weighted by Gasteiger charge is 2.31. The van der Waals surface area contributed by atoms with Gasteiger partial charge in [-0.25, -0.2) is 0 Å². The molecule has 4 N–H and O–H groups in total. The number of anilines is 2. The molecule has 338 valence electrons. The summed E-state index contributed by atoms with van der Waals surface area (Å²) in [7, 11) is 1.99. The van der Waals surface area contributed by atoms with Gasteiger partial charge in [-0.3, -0.25) is 29.1 Å². The number of primary amides is 1. The van der Waals surface area contributed by atoms with Gasteiger partial charge in [-0.05, 0) is 91.9 Å². The molecular formula is C48H66N10O5. The first-order valence-corrected chi connectivity index (χ1v) is 21.3. The van der Waals surface area contributed by atoms with Crippen molar-refractivity contribution in [2.24, 2.45) is 20.9 Å². The molecule has 0 radical (unpaired) electrons. The fraction of sp³-hybridized carbons (Fsp3) is 0.396. The first kappa shape index (κ1) is 50.7. The van der Waals surface area contributed by atoms with Crippen LogP contribution < -0.4 is 26.0 Å². The van der Waals surface area contributed by atoms with Crippen LogP contribution >= 0.6 is 0 Å². The number of nitrogens with zero attached hydrogens (tertiary/aromatic N) is 7. The largest absolute Gasteiger partial charge is 0.494 e. The van der Waals surface area contributed by atoms with Crippen LogP contribution in [0.4, 0.5) is 11.4 Å². The van der Waals surface area contributed by atoms with E-state index in [-0.39, 0.29) is 24.3 Å². The minimum Gasteiger partial charge on any atom is -0.494 e. The summed E-state index contributed by atoms with van der Waals surface area (Å²) in [4.78, 5) is 52.8. The molecule has 2 atom stereocenters. The number of carbonyl (C=O) groups is 4. The number of piperazine rings is 1. The molecule has 0 saturated carbocycles. The number of allylic oxidation sites excluding steroid dienone is 1. The van der Waals surface area contributed by atoms with Gasteiger partial charge >= 0.3 is 0 Å². The summed E-state index contributed by atoms with van der Waals surface area (Å²) in [5.41, 5.74) is 12.0. The number of benzene rings is 3. The lowest BCUT2D eigenvalue weighted by Gasteiger charge is -2.36. The fourth-order valence-electron chi connectivity index (χ4n) is 7.43. The van der Waals surface area contributed by atoms with Gasteiger partial charge in [-0.15, -0.1) is 5.10 Å². The second kappa shape index (κ2) is 28.1. The standard InChI is InChI=1S/C45H60N8O2.C2H3NO2.CH3NO/c1-8-13-35(4)53-33-39-29-41(18-19-43(39)45(53)54)52-25-23-51(24-26-52)22-12-27-55-42-17-11-15-38(30-42)36(5)37-14-10-16-40(28-37)48-31-44(49-46-6)50(7)32-34(3)20-21-47-9-2;4-1-3-2-5;2-1-3/h9-11,14-21,28-30,35-36,48H,2,6,8,12-13,22-27,31-33H2,1,3-5,7H3;1-2H,(H,3,4,5);1H,(H2,2,3)/b34-20+,47-21?,49-44-;;. The Morgan fingerprint density at radius 2 is 1.70 bits per heavy atom. The Kier molecular flexibility index (Phi) is 22.6. The Labute approximate surface area is 373 Å². The number of aliphatic imine (C=N–C) groups is 1. The van der Waals surface area contributed by atoms with Gasteiger partial charge in [0.25, 0.3) is 5.91 Å². The van der Waals surface area contributed by atoms with Crippen molar-refractivity contribution in [3.63, 3.8) is 0 Å². The molecule has 0 aliphatic carbocycles. The number of amides is 4. The van der Waals surface area contributed by atoms with Crippen LogP contribution in [0, 0.1) is 0 Å². The van der Waals surface area contributed by atoms with Crippen LogP contribution in [0.25, 0.3) is 0 Å². The molecule has 1 saturated heterocycles. The van der Waals surface area contributed by atoms with Gasteiger partial charge in [0.1, 0.15) is 11.6 Å². The molecule has 15 nitrogen and oxygen atoms in total. The van der Waals surface area contributed by atoms with Crippen LogP contribution in [0.1, 0.15) is 79.9 Å². The van der Waals surface area contributed by atoms with E-state index in [0.717, 1.165) is 86.9 Å². The number of hydrogen-bond acceptors (Lipinski definition) is 11. The van der Waals surface area contributed by atoms with Gasteiger partial charge in [0.2, 0.25) is 19.2 Å². The zero-order valence-corrected chi connectivity index (χ0v) is 37.6. The Morgan fingerprint density at radius 3 is 2.35 bits per heavy atom. The number of likely N-dealkylation sites (N-methyl/N-ethyl adjacent to an activating group) is 1. The summed E-state index contributed by atoms with van der Waals surface area (Å²) in [5, 5.41) is 13.4. The summed E-state index contributed by atoms with van der Waals surface area (Å²) < 4.78 is 6.27. The molecule has 15 heteroatoms. The average Bonchev–Trinajstić information content (AvgIpc) is 3.63. The van der Waals surface area contributed by atoms with Crippen LogP contribution in [0.5, 0.6) is 5.75 Å². The summed E-state index contributed by atoms with van der Waals surface area (Å²) >= 11 is 0. The predicted octanol–water partition coefficient (Wildman–Crippen LogP) is 6.08. The number of rotatable bonds is 21. The highest BCUT2D eigenvalue weighted by Crippen LogP contribution is 2.31. The van der Waals surface area contributed by atoms with E-state index in [1.54, 1.807) is 11.5 Å². The lowest BCUT2D eigenvalue weighted by Crippen LogP contribution is -2.46. The molecule has 4 amide bonds. The number of carbonyl (C=O) groups excluding carboxylic acids is 4. The summed E-state index contributed by atoms with van der Waals surface area (Å²) in [6, 6.07) is 23.7. The maximum atomic E-state index is 13.0. The number of fused-ring (bicyclic) bond motifs is 1. The van der Waals surface area contributed by atoms with E-state index >= 15 is 0 Å². The fourth-order valence-corrected chi connectivity index (χ4v) is 7.43. The Morgan fingerprint density at radius 1 is 1.00 bits per heavy atom. The normalized spacial score (nSPS) is 14.8. The molecule has 3 aromatic rings. The Balaban J connectivity index is 0.00000122. The summed E-state index contributed by atoms with van der Waals surface area (Å²) in [6.07, 6.45) is 9.19. The van der Waals surface area contributed by atoms with E-state index in [0.29, 0.717) is 32.5 Å². The van der Waals surface area contributed by atoms with E-state index < -0.39 is 0 Å². The van der Waals surface area contributed by atoms with Crippen molar-refractivity contribution in [2.75, 3.05) is 69.7 Å². The SMILES string of the molecule is C=CN=C/C=C(\C)CN(C)/C(CNc1cccc(C(C)c2cccc(OCCCN3CCN(c4ccc5c(c4)CN(C(C)CCC)C5=O)CC3)c2)c1)=N\N=C.NC=O.O=CNC=O. The van der Waals surface area contributed by atoms with Crippen LogP contribution in [0.15, 0.2) is 106 Å². The third-order valence-electron chi connectivity index (χ3n) is 10.8. The highest BCUT2D eigenvalue weighted by atomic mass is 16.5. The van der Waals surface area contributed by atoms with Crippen molar-refractivity contribution in [3.8, 4) is 5.75 Å². The average molecular weight is 863 g/mol. The van der Waals surface area contributed by atoms with Crippen LogP contribution in [0.2, 0.25) is 0 Å². The highest BCUT2D eigenvalue weighted by molar-refractivity contribution is 5.99. The third-order valence-corrected chi connectivity index (χ3v) is 10.8. The molecule has 2 unspecified atom stereocenters. The molecule has 63 heavy (non-hydrogen) atoms. The molecule has 0 bridgehead atoms. The third kappa shape index (κ3) is 16.6. The maximum absolute atomic E-state index is 13.0. The van der Waals surface area contributed by atoms with Crippen molar-refractivity contribution < 1.29 is 23.9 Å². The number of nitrogens with two attached hydrogens (primary N) is 1. The number of imide groups is 1. The number of amidine groups is 1. The molecule has 2 aliphatic heterocycles. The van der Waals surface area contributed by atoms with Gasteiger partial charge in [0, 0.05) is 101 Å².